The molecular formula is C23H33N3O6. The molecule has 0 bridgehead atoms. The molecule has 1 saturated heterocycles. The van der Waals surface area contributed by atoms with Crippen molar-refractivity contribution >= 4 is 23.9 Å². The maximum atomic E-state index is 13.4. The second-order valence-electron chi connectivity index (χ2n) is 9.18. The lowest BCUT2D eigenvalue weighted by molar-refractivity contribution is -0.141. The zero-order valence-corrected chi connectivity index (χ0v) is 19.3. The molecule has 2 rings (SSSR count). The number of carboxylic acid groups (broad SMARTS) is 1. The highest BCUT2D eigenvalue weighted by atomic mass is 16.6. The van der Waals surface area contributed by atoms with Gasteiger partial charge in [-0.05, 0) is 53.0 Å². The van der Waals surface area contributed by atoms with Crippen LogP contribution in [0.5, 0.6) is 0 Å². The molecule has 32 heavy (non-hydrogen) atoms. The Labute approximate surface area is 188 Å². The lowest BCUT2D eigenvalue weighted by Gasteiger charge is -2.41. The Bertz CT molecular complexity index is 841. The van der Waals surface area contributed by atoms with Crippen LogP contribution in [0.1, 0.15) is 53.0 Å². The van der Waals surface area contributed by atoms with Crippen LogP contribution >= 0.6 is 0 Å². The highest BCUT2D eigenvalue weighted by Crippen LogP contribution is 2.36. The number of carbonyl (C=O) groups excluding carboxylic acids is 3. The van der Waals surface area contributed by atoms with E-state index < -0.39 is 41.1 Å². The van der Waals surface area contributed by atoms with E-state index in [1.807, 2.05) is 30.3 Å². The predicted octanol–water partition coefficient (Wildman–Crippen LogP) is 2.05. The number of ether oxygens (including phenoxy) is 1. The van der Waals surface area contributed by atoms with Gasteiger partial charge < -0.3 is 25.4 Å². The Hall–Kier alpha value is -3.10. The molecule has 0 spiro atoms. The normalized spacial score (nSPS) is 17.6. The molecule has 0 aromatic heterocycles. The van der Waals surface area contributed by atoms with Crippen molar-refractivity contribution in [2.24, 2.45) is 0 Å². The fourth-order valence-corrected chi connectivity index (χ4v) is 3.60. The number of amides is 3. The van der Waals surface area contributed by atoms with Gasteiger partial charge in [-0.3, -0.25) is 14.4 Å². The molecule has 3 N–H and O–H groups in total. The maximum Gasteiger partial charge on any atom is 0.410 e. The van der Waals surface area contributed by atoms with Crippen LogP contribution < -0.4 is 10.6 Å². The third kappa shape index (κ3) is 6.21. The van der Waals surface area contributed by atoms with E-state index in [0.29, 0.717) is 25.9 Å². The third-order valence-electron chi connectivity index (χ3n) is 5.50. The predicted molar refractivity (Wildman–Crippen MR) is 118 cm³/mol. The highest BCUT2D eigenvalue weighted by molar-refractivity contribution is 5.94. The summed E-state index contributed by atoms with van der Waals surface area (Å²) in [5, 5.41) is 14.1. The highest BCUT2D eigenvalue weighted by Gasteiger charge is 2.45. The molecule has 3 amide bonds. The molecule has 9 nitrogen and oxygen atoms in total. The Morgan fingerprint density at radius 3 is 2.06 bits per heavy atom. The summed E-state index contributed by atoms with van der Waals surface area (Å²) in [4.78, 5) is 50.8. The van der Waals surface area contributed by atoms with E-state index >= 15 is 0 Å². The van der Waals surface area contributed by atoms with Crippen molar-refractivity contribution in [2.75, 3.05) is 13.1 Å². The van der Waals surface area contributed by atoms with Gasteiger partial charge in [0.25, 0.3) is 0 Å². The fraction of sp³-hybridized carbons (Fsp3) is 0.565. The molecule has 0 radical (unpaired) electrons. The summed E-state index contributed by atoms with van der Waals surface area (Å²) in [6.07, 6.45) is 0.305. The molecule has 1 aromatic carbocycles. The molecule has 0 unspecified atom stereocenters. The van der Waals surface area contributed by atoms with Crippen molar-refractivity contribution in [3.63, 3.8) is 0 Å². The van der Waals surface area contributed by atoms with Crippen molar-refractivity contribution in [3.8, 4) is 0 Å². The number of carbonyl (C=O) groups is 4. The van der Waals surface area contributed by atoms with Crippen LogP contribution in [0.3, 0.4) is 0 Å². The summed E-state index contributed by atoms with van der Waals surface area (Å²) in [7, 11) is 0. The van der Waals surface area contributed by atoms with Gasteiger partial charge in [0.2, 0.25) is 11.8 Å². The largest absolute Gasteiger partial charge is 0.480 e. The first-order chi connectivity index (χ1) is 14.9. The molecule has 2 atom stereocenters. The number of aliphatic carboxylic acids is 1. The number of carboxylic acids is 1. The third-order valence-corrected chi connectivity index (χ3v) is 5.50. The first kappa shape index (κ1) is 25.2. The molecule has 1 aromatic rings. The van der Waals surface area contributed by atoms with E-state index in [-0.39, 0.29) is 5.91 Å². The lowest BCUT2D eigenvalue weighted by atomic mass is 9.72. The van der Waals surface area contributed by atoms with Crippen molar-refractivity contribution in [3.05, 3.63) is 35.9 Å². The van der Waals surface area contributed by atoms with E-state index in [0.717, 1.165) is 5.56 Å². The van der Waals surface area contributed by atoms with Gasteiger partial charge >= 0.3 is 12.1 Å². The average Bonchev–Trinajstić information content (AvgIpc) is 2.72. The number of rotatable bonds is 6. The quantitative estimate of drug-likeness (QED) is 0.613. The van der Waals surface area contributed by atoms with Crippen molar-refractivity contribution in [1.29, 1.82) is 0 Å². The Morgan fingerprint density at radius 2 is 1.56 bits per heavy atom. The fourth-order valence-electron chi connectivity index (χ4n) is 3.60. The molecule has 0 aliphatic carbocycles. The number of nitrogens with zero attached hydrogens (tertiary/aromatic N) is 1. The second kappa shape index (κ2) is 10.0. The van der Waals surface area contributed by atoms with Gasteiger partial charge in [-0.1, -0.05) is 30.3 Å². The van der Waals surface area contributed by atoms with E-state index in [1.54, 1.807) is 25.7 Å². The maximum absolute atomic E-state index is 13.4. The first-order valence-corrected chi connectivity index (χ1v) is 10.7. The summed E-state index contributed by atoms with van der Waals surface area (Å²) in [5.74, 6) is -2.08. The van der Waals surface area contributed by atoms with E-state index in [1.165, 1.54) is 13.8 Å². The summed E-state index contributed by atoms with van der Waals surface area (Å²) in [5.41, 5.74) is -0.738. The number of hydrogen-bond donors (Lipinski definition) is 3. The smallest absolute Gasteiger partial charge is 0.410 e. The number of piperidine rings is 1. The monoisotopic (exact) mass is 447 g/mol. The number of likely N-dealkylation sites (tertiary alicyclic amines) is 1. The van der Waals surface area contributed by atoms with E-state index in [9.17, 15) is 19.2 Å². The van der Waals surface area contributed by atoms with Gasteiger partial charge in [0.1, 0.15) is 17.7 Å². The van der Waals surface area contributed by atoms with Crippen molar-refractivity contribution in [2.45, 2.75) is 70.6 Å². The molecular weight excluding hydrogens is 414 g/mol. The topological polar surface area (TPSA) is 125 Å². The Kier molecular flexibility index (Phi) is 7.87. The summed E-state index contributed by atoms with van der Waals surface area (Å²) >= 11 is 0. The van der Waals surface area contributed by atoms with Gasteiger partial charge in [-0.15, -0.1) is 0 Å². The van der Waals surface area contributed by atoms with Crippen LogP contribution in [0, 0.1) is 0 Å². The van der Waals surface area contributed by atoms with Gasteiger partial charge in [0, 0.05) is 13.1 Å². The molecule has 9 heteroatoms. The van der Waals surface area contributed by atoms with Crippen LogP contribution in [-0.2, 0) is 24.5 Å². The van der Waals surface area contributed by atoms with Gasteiger partial charge in [-0.25, -0.2) is 4.79 Å². The van der Waals surface area contributed by atoms with Gasteiger partial charge in [-0.2, -0.15) is 0 Å². The summed E-state index contributed by atoms with van der Waals surface area (Å²) in [6.45, 7) is 8.92. The van der Waals surface area contributed by atoms with E-state index in [2.05, 4.69) is 10.6 Å². The number of hydrogen-bond acceptors (Lipinski definition) is 5. The summed E-state index contributed by atoms with van der Waals surface area (Å²) < 4.78 is 5.45. The van der Waals surface area contributed by atoms with Crippen LogP contribution in [0.2, 0.25) is 0 Å². The number of benzene rings is 1. The zero-order chi connectivity index (χ0) is 24.1. The van der Waals surface area contributed by atoms with Crippen LogP contribution in [0.15, 0.2) is 30.3 Å². The van der Waals surface area contributed by atoms with E-state index in [4.69, 9.17) is 9.84 Å². The second-order valence-corrected chi connectivity index (χ2v) is 9.18. The van der Waals surface area contributed by atoms with Gasteiger partial charge in [0.05, 0.1) is 5.41 Å². The van der Waals surface area contributed by atoms with Crippen LogP contribution in [0.4, 0.5) is 4.79 Å². The lowest BCUT2D eigenvalue weighted by Crippen LogP contribution is -2.57. The first-order valence-electron chi connectivity index (χ1n) is 10.7. The standard InChI is InChI=1S/C23H33N3O6/c1-15(18(27)24-16(2)19(28)29)25-20(30)23(17-9-7-6-8-10-17)11-13-26(14-12-23)21(31)32-22(3,4)5/h6-10,15-16H,11-14H2,1-5H3,(H,24,27)(H,25,30)(H,28,29)/t15-,16+/m0/s1. The van der Waals surface area contributed by atoms with Crippen molar-refractivity contribution in [1.82, 2.24) is 15.5 Å². The van der Waals surface area contributed by atoms with Crippen LogP contribution in [-0.4, -0.2) is 64.7 Å². The van der Waals surface area contributed by atoms with Crippen LogP contribution in [0.25, 0.3) is 0 Å². The molecule has 1 aliphatic heterocycles. The van der Waals surface area contributed by atoms with Gasteiger partial charge in [0.15, 0.2) is 0 Å². The Balaban J connectivity index is 2.17. The molecule has 176 valence electrons. The van der Waals surface area contributed by atoms with Crippen molar-refractivity contribution < 1.29 is 29.0 Å². The summed E-state index contributed by atoms with van der Waals surface area (Å²) in [6, 6.07) is 7.27. The Morgan fingerprint density at radius 1 is 1.00 bits per heavy atom. The molecule has 1 aliphatic rings. The minimum absolute atomic E-state index is 0.327. The molecule has 0 saturated carbocycles. The minimum Gasteiger partial charge on any atom is -0.480 e. The molecule has 1 heterocycles. The number of nitrogens with one attached hydrogen (secondary N) is 2. The minimum atomic E-state index is -1.16. The zero-order valence-electron chi connectivity index (χ0n) is 19.3. The average molecular weight is 448 g/mol. The SMILES string of the molecule is C[C@H](NC(=O)C1(c2ccccc2)CCN(C(=O)OC(C)(C)C)CC1)C(=O)N[C@H](C)C(=O)O. The molecule has 1 fully saturated rings.